The van der Waals surface area contributed by atoms with Crippen LogP contribution in [0, 0.1) is 6.92 Å². The first kappa shape index (κ1) is 24.1. The standard InChI is InChI=1S/C25H36N2O2S/c1-5-7-9-14-24(28)27(20(3)6-2)19-25(29)26(17-22-12-10-8-11-13-22)18-23-16-15-21(4)30-23/h8,10-13,15-16,20H,5-7,9,14,17-19H2,1-4H3/t20-/m0/s1. The molecule has 1 heterocycles. The van der Waals surface area contributed by atoms with Gasteiger partial charge in [0.25, 0.3) is 0 Å². The fourth-order valence-electron chi connectivity index (χ4n) is 3.42. The molecular formula is C25H36N2O2S. The van der Waals surface area contributed by atoms with Crippen molar-refractivity contribution in [2.24, 2.45) is 0 Å². The Balaban J connectivity index is 2.15. The first-order valence-electron chi connectivity index (χ1n) is 11.1. The lowest BCUT2D eigenvalue weighted by atomic mass is 10.1. The number of rotatable bonds is 12. The molecule has 2 aromatic rings. The molecule has 30 heavy (non-hydrogen) atoms. The van der Waals surface area contributed by atoms with Gasteiger partial charge in [0.15, 0.2) is 0 Å². The smallest absolute Gasteiger partial charge is 0.242 e. The van der Waals surface area contributed by atoms with Gasteiger partial charge in [0, 0.05) is 28.8 Å². The summed E-state index contributed by atoms with van der Waals surface area (Å²) in [5.74, 6) is 0.104. The molecule has 0 unspecified atom stereocenters. The molecule has 0 fully saturated rings. The summed E-state index contributed by atoms with van der Waals surface area (Å²) in [4.78, 5) is 32.3. The molecular weight excluding hydrogens is 392 g/mol. The lowest BCUT2D eigenvalue weighted by Crippen LogP contribution is -2.46. The second kappa shape index (κ2) is 12.5. The summed E-state index contributed by atoms with van der Waals surface area (Å²) in [5, 5.41) is 0. The molecule has 0 spiro atoms. The van der Waals surface area contributed by atoms with Crippen molar-refractivity contribution in [3.63, 3.8) is 0 Å². The Hall–Kier alpha value is -2.14. The minimum absolute atomic E-state index is 0.00838. The number of unbranched alkanes of at least 4 members (excludes halogenated alkanes) is 2. The molecule has 0 saturated heterocycles. The molecule has 0 aliphatic rings. The van der Waals surface area contributed by atoms with E-state index in [9.17, 15) is 9.59 Å². The zero-order chi connectivity index (χ0) is 21.9. The summed E-state index contributed by atoms with van der Waals surface area (Å²) in [6.07, 6.45) is 4.38. The number of carbonyl (C=O) groups is 2. The zero-order valence-electron chi connectivity index (χ0n) is 18.9. The number of hydrogen-bond donors (Lipinski definition) is 0. The van der Waals surface area contributed by atoms with Crippen LogP contribution < -0.4 is 0 Å². The summed E-state index contributed by atoms with van der Waals surface area (Å²) in [6, 6.07) is 14.3. The van der Waals surface area contributed by atoms with Gasteiger partial charge in [-0.3, -0.25) is 9.59 Å². The number of nitrogens with zero attached hydrogens (tertiary/aromatic N) is 2. The quantitative estimate of drug-likeness (QED) is 0.401. The van der Waals surface area contributed by atoms with Gasteiger partial charge in [0.1, 0.15) is 6.54 Å². The predicted molar refractivity (Wildman–Crippen MR) is 125 cm³/mol. The van der Waals surface area contributed by atoms with Crippen molar-refractivity contribution in [2.75, 3.05) is 6.54 Å². The van der Waals surface area contributed by atoms with Crippen LogP contribution >= 0.6 is 11.3 Å². The van der Waals surface area contributed by atoms with E-state index in [2.05, 4.69) is 32.9 Å². The third-order valence-electron chi connectivity index (χ3n) is 5.45. The van der Waals surface area contributed by atoms with Gasteiger partial charge in [-0.25, -0.2) is 0 Å². The van der Waals surface area contributed by atoms with Crippen molar-refractivity contribution in [2.45, 2.75) is 78.9 Å². The van der Waals surface area contributed by atoms with E-state index in [1.807, 2.05) is 42.2 Å². The monoisotopic (exact) mass is 428 g/mol. The van der Waals surface area contributed by atoms with Gasteiger partial charge in [-0.2, -0.15) is 0 Å². The minimum Gasteiger partial charge on any atom is -0.332 e. The van der Waals surface area contributed by atoms with E-state index in [0.29, 0.717) is 19.5 Å². The number of carbonyl (C=O) groups excluding carboxylic acids is 2. The van der Waals surface area contributed by atoms with Crippen LogP contribution in [0.1, 0.15) is 68.2 Å². The molecule has 164 valence electrons. The highest BCUT2D eigenvalue weighted by molar-refractivity contribution is 7.11. The zero-order valence-corrected chi connectivity index (χ0v) is 19.7. The second-order valence-electron chi connectivity index (χ2n) is 7.98. The van der Waals surface area contributed by atoms with Gasteiger partial charge in [-0.15, -0.1) is 11.3 Å². The van der Waals surface area contributed by atoms with Gasteiger partial charge in [0.2, 0.25) is 11.8 Å². The maximum atomic E-state index is 13.4. The largest absolute Gasteiger partial charge is 0.332 e. The Kier molecular flexibility index (Phi) is 10.1. The molecule has 1 atom stereocenters. The van der Waals surface area contributed by atoms with Gasteiger partial charge < -0.3 is 9.80 Å². The highest BCUT2D eigenvalue weighted by Gasteiger charge is 2.25. The highest BCUT2D eigenvalue weighted by Crippen LogP contribution is 2.19. The Morgan fingerprint density at radius 1 is 0.967 bits per heavy atom. The second-order valence-corrected chi connectivity index (χ2v) is 9.36. The van der Waals surface area contributed by atoms with E-state index in [1.54, 1.807) is 16.2 Å². The topological polar surface area (TPSA) is 40.6 Å². The molecule has 0 bridgehead atoms. The number of amides is 2. The van der Waals surface area contributed by atoms with Crippen molar-refractivity contribution in [3.05, 3.63) is 57.8 Å². The number of thiophene rings is 1. The van der Waals surface area contributed by atoms with Gasteiger partial charge in [-0.1, -0.05) is 57.0 Å². The molecule has 5 heteroatoms. The third kappa shape index (κ3) is 7.60. The summed E-state index contributed by atoms with van der Waals surface area (Å²) in [7, 11) is 0. The molecule has 2 amide bonds. The minimum atomic E-state index is 0.00838. The molecule has 1 aromatic heterocycles. The van der Waals surface area contributed by atoms with Crippen LogP contribution in [0.3, 0.4) is 0 Å². The van der Waals surface area contributed by atoms with Crippen LogP contribution in [0.5, 0.6) is 0 Å². The Labute approximate surface area is 185 Å². The fourth-order valence-corrected chi connectivity index (χ4v) is 4.33. The number of aryl methyl sites for hydroxylation is 1. The van der Waals surface area contributed by atoms with E-state index in [-0.39, 0.29) is 24.4 Å². The van der Waals surface area contributed by atoms with Crippen LogP contribution in [0.15, 0.2) is 42.5 Å². The van der Waals surface area contributed by atoms with Crippen molar-refractivity contribution < 1.29 is 9.59 Å². The van der Waals surface area contributed by atoms with Gasteiger partial charge >= 0.3 is 0 Å². The highest BCUT2D eigenvalue weighted by atomic mass is 32.1. The molecule has 1 aromatic carbocycles. The van der Waals surface area contributed by atoms with Crippen LogP contribution in [0.25, 0.3) is 0 Å². The Bertz CT molecular complexity index is 787. The summed E-state index contributed by atoms with van der Waals surface area (Å²) in [6.45, 7) is 9.59. The molecule has 0 aliphatic heterocycles. The molecule has 0 radical (unpaired) electrons. The van der Waals surface area contributed by atoms with Crippen LogP contribution in [0.2, 0.25) is 0 Å². The summed E-state index contributed by atoms with van der Waals surface area (Å²) >= 11 is 1.72. The number of benzene rings is 1. The first-order chi connectivity index (χ1) is 14.4. The lowest BCUT2D eigenvalue weighted by molar-refractivity contribution is -0.143. The third-order valence-corrected chi connectivity index (χ3v) is 6.44. The van der Waals surface area contributed by atoms with E-state index in [1.165, 1.54) is 9.75 Å². The van der Waals surface area contributed by atoms with Crippen molar-refractivity contribution >= 4 is 23.2 Å². The fraction of sp³-hybridized carbons (Fsp3) is 0.520. The molecule has 2 rings (SSSR count). The van der Waals surface area contributed by atoms with E-state index >= 15 is 0 Å². The van der Waals surface area contributed by atoms with Crippen LogP contribution in [-0.4, -0.2) is 34.2 Å². The maximum Gasteiger partial charge on any atom is 0.242 e. The van der Waals surface area contributed by atoms with E-state index in [0.717, 1.165) is 31.2 Å². The first-order valence-corrected chi connectivity index (χ1v) is 11.9. The Morgan fingerprint density at radius 3 is 2.30 bits per heavy atom. The average Bonchev–Trinajstić information content (AvgIpc) is 3.16. The normalized spacial score (nSPS) is 11.9. The van der Waals surface area contributed by atoms with E-state index in [4.69, 9.17) is 0 Å². The molecule has 0 N–H and O–H groups in total. The summed E-state index contributed by atoms with van der Waals surface area (Å²) in [5.41, 5.74) is 1.10. The maximum absolute atomic E-state index is 13.4. The number of hydrogen-bond acceptors (Lipinski definition) is 3. The SMILES string of the molecule is CCCCCC(=O)N(CC(=O)N(Cc1ccccc1)Cc1ccc(C)s1)[C@@H](C)CC. The van der Waals surface area contributed by atoms with Crippen molar-refractivity contribution in [1.29, 1.82) is 0 Å². The van der Waals surface area contributed by atoms with Gasteiger partial charge in [-0.05, 0) is 44.4 Å². The van der Waals surface area contributed by atoms with Crippen molar-refractivity contribution in [3.8, 4) is 0 Å². The summed E-state index contributed by atoms with van der Waals surface area (Å²) < 4.78 is 0. The van der Waals surface area contributed by atoms with Crippen LogP contribution in [0.4, 0.5) is 0 Å². The predicted octanol–water partition coefficient (Wildman–Crippen LogP) is 5.79. The Morgan fingerprint density at radius 2 is 1.70 bits per heavy atom. The average molecular weight is 429 g/mol. The lowest BCUT2D eigenvalue weighted by Gasteiger charge is -2.31. The van der Waals surface area contributed by atoms with Gasteiger partial charge in [0.05, 0.1) is 6.54 Å². The molecule has 4 nitrogen and oxygen atoms in total. The van der Waals surface area contributed by atoms with E-state index < -0.39 is 0 Å². The van der Waals surface area contributed by atoms with Crippen molar-refractivity contribution in [1.82, 2.24) is 9.80 Å². The van der Waals surface area contributed by atoms with Crippen LogP contribution in [-0.2, 0) is 22.7 Å². The molecule has 0 saturated carbocycles. The molecule has 0 aliphatic carbocycles.